The van der Waals surface area contributed by atoms with Crippen molar-refractivity contribution in [3.63, 3.8) is 0 Å². The third-order valence-corrected chi connectivity index (χ3v) is 3.55. The second-order valence-electron chi connectivity index (χ2n) is 6.49. The molecule has 5 heteroatoms. The van der Waals surface area contributed by atoms with Crippen LogP contribution in [0.25, 0.3) is 0 Å². The highest BCUT2D eigenvalue weighted by Gasteiger charge is 2.17. The molecule has 1 aromatic rings. The van der Waals surface area contributed by atoms with Crippen molar-refractivity contribution in [3.05, 3.63) is 29.8 Å². The quantitative estimate of drug-likeness (QED) is 0.648. The molecule has 0 heterocycles. The molecule has 1 amide bonds. The first-order valence-electron chi connectivity index (χ1n) is 8.46. The second kappa shape index (κ2) is 9.96. The van der Waals surface area contributed by atoms with Gasteiger partial charge in [0.25, 0.3) is 5.91 Å². The van der Waals surface area contributed by atoms with Gasteiger partial charge in [-0.3, -0.25) is 9.59 Å². The minimum Gasteiger partial charge on any atom is -0.491 e. The van der Waals surface area contributed by atoms with E-state index < -0.39 is 0 Å². The fourth-order valence-electron chi connectivity index (χ4n) is 2.19. The van der Waals surface area contributed by atoms with Crippen LogP contribution in [0.5, 0.6) is 5.75 Å². The van der Waals surface area contributed by atoms with Crippen LogP contribution < -0.4 is 4.74 Å². The lowest BCUT2D eigenvalue weighted by molar-refractivity contribution is -0.140. The van der Waals surface area contributed by atoms with Crippen LogP contribution in [0.1, 0.15) is 50.9 Å². The number of methoxy groups -OCH3 is 1. The predicted molar refractivity (Wildman–Crippen MR) is 94.2 cm³/mol. The zero-order valence-corrected chi connectivity index (χ0v) is 15.4. The van der Waals surface area contributed by atoms with Gasteiger partial charge in [-0.25, -0.2) is 0 Å². The molecule has 0 aliphatic heterocycles. The van der Waals surface area contributed by atoms with Crippen molar-refractivity contribution in [2.75, 3.05) is 20.2 Å². The molecule has 0 aromatic heterocycles. The summed E-state index contributed by atoms with van der Waals surface area (Å²) in [5.41, 5.74) is 0.597. The van der Waals surface area contributed by atoms with Gasteiger partial charge in [-0.15, -0.1) is 0 Å². The summed E-state index contributed by atoms with van der Waals surface area (Å²) < 4.78 is 10.3. The van der Waals surface area contributed by atoms with Gasteiger partial charge in [0.15, 0.2) is 0 Å². The molecular weight excluding hydrogens is 306 g/mol. The lowest BCUT2D eigenvalue weighted by atomic mass is 10.1. The number of hydrogen-bond acceptors (Lipinski definition) is 4. The highest BCUT2D eigenvalue weighted by Crippen LogP contribution is 2.16. The van der Waals surface area contributed by atoms with Crippen LogP contribution in [0.2, 0.25) is 0 Å². The van der Waals surface area contributed by atoms with E-state index in [1.54, 1.807) is 29.2 Å². The molecule has 1 aromatic carbocycles. The van der Waals surface area contributed by atoms with E-state index in [-0.39, 0.29) is 24.4 Å². The highest BCUT2D eigenvalue weighted by molar-refractivity contribution is 5.94. The number of benzene rings is 1. The van der Waals surface area contributed by atoms with E-state index in [9.17, 15) is 9.59 Å². The van der Waals surface area contributed by atoms with Crippen molar-refractivity contribution in [1.29, 1.82) is 0 Å². The zero-order chi connectivity index (χ0) is 18.1. The van der Waals surface area contributed by atoms with E-state index in [1.807, 2.05) is 13.8 Å². The lowest BCUT2D eigenvalue weighted by Gasteiger charge is -2.23. The average Bonchev–Trinajstić information content (AvgIpc) is 2.54. The summed E-state index contributed by atoms with van der Waals surface area (Å²) in [7, 11) is 1.36. The second-order valence-corrected chi connectivity index (χ2v) is 6.49. The van der Waals surface area contributed by atoms with Gasteiger partial charge in [0.2, 0.25) is 0 Å². The summed E-state index contributed by atoms with van der Waals surface area (Å²) in [6.45, 7) is 9.13. The summed E-state index contributed by atoms with van der Waals surface area (Å²) in [5.74, 6) is 0.846. The van der Waals surface area contributed by atoms with Crippen molar-refractivity contribution in [1.82, 2.24) is 4.90 Å². The van der Waals surface area contributed by atoms with Crippen LogP contribution >= 0.6 is 0 Å². The fraction of sp³-hybridized carbons (Fsp3) is 0.579. The zero-order valence-electron chi connectivity index (χ0n) is 15.4. The smallest absolute Gasteiger partial charge is 0.307 e. The van der Waals surface area contributed by atoms with Gasteiger partial charge in [-0.2, -0.15) is 0 Å². The molecule has 0 bridgehead atoms. The number of amides is 1. The van der Waals surface area contributed by atoms with Gasteiger partial charge in [0.1, 0.15) is 5.75 Å². The van der Waals surface area contributed by atoms with Crippen LogP contribution in [0.15, 0.2) is 24.3 Å². The third kappa shape index (κ3) is 7.02. The topological polar surface area (TPSA) is 55.8 Å². The maximum absolute atomic E-state index is 12.7. The normalized spacial score (nSPS) is 10.8. The number of rotatable bonds is 9. The molecule has 0 N–H and O–H groups in total. The Morgan fingerprint density at radius 3 is 2.17 bits per heavy atom. The molecule has 0 radical (unpaired) electrons. The standard InChI is InChI=1S/C19H29NO4/c1-14(2)10-12-20(13-11-18(21)23-5)19(22)16-6-8-17(9-7-16)24-15(3)4/h6-9,14-15H,10-13H2,1-5H3. The monoisotopic (exact) mass is 335 g/mol. The molecule has 0 unspecified atom stereocenters. The maximum Gasteiger partial charge on any atom is 0.307 e. The van der Waals surface area contributed by atoms with Gasteiger partial charge < -0.3 is 14.4 Å². The lowest BCUT2D eigenvalue weighted by Crippen LogP contribution is -2.34. The van der Waals surface area contributed by atoms with E-state index in [2.05, 4.69) is 18.6 Å². The Balaban J connectivity index is 2.78. The number of carbonyl (C=O) groups excluding carboxylic acids is 2. The predicted octanol–water partition coefficient (Wildman–Crippen LogP) is 3.53. The minimum absolute atomic E-state index is 0.0735. The van der Waals surface area contributed by atoms with E-state index in [0.717, 1.165) is 12.2 Å². The molecule has 1 rings (SSSR count). The Kier molecular flexibility index (Phi) is 8.30. The number of ether oxygens (including phenoxy) is 2. The molecule has 0 saturated carbocycles. The van der Waals surface area contributed by atoms with Gasteiger partial charge in [-0.1, -0.05) is 13.8 Å². The molecule has 0 aliphatic carbocycles. The van der Waals surface area contributed by atoms with Crippen LogP contribution in [0, 0.1) is 5.92 Å². The van der Waals surface area contributed by atoms with Gasteiger partial charge in [0.05, 0.1) is 19.6 Å². The van der Waals surface area contributed by atoms with Crippen molar-refractivity contribution >= 4 is 11.9 Å². The molecule has 0 aliphatic rings. The summed E-state index contributed by atoms with van der Waals surface area (Å²) >= 11 is 0. The highest BCUT2D eigenvalue weighted by atomic mass is 16.5. The molecular formula is C19H29NO4. The Labute approximate surface area is 144 Å². The summed E-state index contributed by atoms with van der Waals surface area (Å²) in [4.78, 5) is 25.8. The molecule has 24 heavy (non-hydrogen) atoms. The molecule has 0 spiro atoms. The summed E-state index contributed by atoms with van der Waals surface area (Å²) in [6.07, 6.45) is 1.19. The first kappa shape index (κ1) is 20.0. The fourth-order valence-corrected chi connectivity index (χ4v) is 2.19. The van der Waals surface area contributed by atoms with Crippen molar-refractivity contribution < 1.29 is 19.1 Å². The van der Waals surface area contributed by atoms with E-state index in [1.165, 1.54) is 7.11 Å². The van der Waals surface area contributed by atoms with E-state index in [0.29, 0.717) is 24.6 Å². The van der Waals surface area contributed by atoms with Crippen molar-refractivity contribution in [2.45, 2.75) is 46.6 Å². The SMILES string of the molecule is COC(=O)CCN(CCC(C)C)C(=O)c1ccc(OC(C)C)cc1. The number of carbonyl (C=O) groups is 2. The van der Waals surface area contributed by atoms with Gasteiger partial charge in [-0.05, 0) is 50.5 Å². The largest absolute Gasteiger partial charge is 0.491 e. The number of nitrogens with zero attached hydrogens (tertiary/aromatic N) is 1. The Hall–Kier alpha value is -2.04. The Morgan fingerprint density at radius 2 is 1.67 bits per heavy atom. The summed E-state index contributed by atoms with van der Waals surface area (Å²) in [5, 5.41) is 0. The molecule has 134 valence electrons. The number of hydrogen-bond donors (Lipinski definition) is 0. The summed E-state index contributed by atoms with van der Waals surface area (Å²) in [6, 6.07) is 7.13. The van der Waals surface area contributed by atoms with Crippen molar-refractivity contribution in [3.8, 4) is 5.75 Å². The average molecular weight is 335 g/mol. The van der Waals surface area contributed by atoms with Gasteiger partial charge in [0, 0.05) is 18.7 Å². The van der Waals surface area contributed by atoms with Crippen molar-refractivity contribution in [2.24, 2.45) is 5.92 Å². The van der Waals surface area contributed by atoms with Crippen LogP contribution in [0.4, 0.5) is 0 Å². The van der Waals surface area contributed by atoms with Crippen LogP contribution in [0.3, 0.4) is 0 Å². The van der Waals surface area contributed by atoms with E-state index >= 15 is 0 Å². The Bertz CT molecular complexity index is 523. The first-order valence-corrected chi connectivity index (χ1v) is 8.46. The first-order chi connectivity index (χ1) is 11.3. The molecule has 5 nitrogen and oxygen atoms in total. The third-order valence-electron chi connectivity index (χ3n) is 3.55. The Morgan fingerprint density at radius 1 is 1.04 bits per heavy atom. The molecule has 0 fully saturated rings. The maximum atomic E-state index is 12.7. The van der Waals surface area contributed by atoms with Crippen LogP contribution in [-0.4, -0.2) is 43.1 Å². The minimum atomic E-state index is -0.307. The number of esters is 1. The van der Waals surface area contributed by atoms with Crippen LogP contribution in [-0.2, 0) is 9.53 Å². The molecule has 0 atom stereocenters. The van der Waals surface area contributed by atoms with Gasteiger partial charge >= 0.3 is 5.97 Å². The molecule has 0 saturated heterocycles. The van der Waals surface area contributed by atoms with E-state index in [4.69, 9.17) is 4.74 Å².